The molecule has 0 bridgehead atoms. The zero-order valence-corrected chi connectivity index (χ0v) is 17.3. The first kappa shape index (κ1) is 20.6. The summed E-state index contributed by atoms with van der Waals surface area (Å²) in [5.74, 6) is -1.56. The predicted molar refractivity (Wildman–Crippen MR) is 114 cm³/mol. The number of nitrogens with one attached hydrogen (secondary N) is 1. The average molecular weight is 429 g/mol. The van der Waals surface area contributed by atoms with Gasteiger partial charge in [0.2, 0.25) is 0 Å². The Morgan fingerprint density at radius 3 is 2.90 bits per heavy atom. The molecule has 1 amide bonds. The molecule has 0 saturated heterocycles. The lowest BCUT2D eigenvalue weighted by Gasteiger charge is -2.28. The van der Waals surface area contributed by atoms with Gasteiger partial charge >= 0.3 is 0 Å². The van der Waals surface area contributed by atoms with Crippen molar-refractivity contribution in [2.24, 2.45) is 5.73 Å². The average Bonchev–Trinajstić information content (AvgIpc) is 3.21. The molecule has 2 heterocycles. The van der Waals surface area contributed by atoms with Crippen molar-refractivity contribution in [2.75, 3.05) is 5.32 Å². The molecule has 5 nitrogen and oxygen atoms in total. The fraction of sp³-hybridized carbons (Fsp3) is 0.318. The minimum Gasteiger partial charge on any atom is -0.328 e. The molecule has 8 heteroatoms. The summed E-state index contributed by atoms with van der Waals surface area (Å²) in [4.78, 5) is 21.1. The van der Waals surface area contributed by atoms with Crippen molar-refractivity contribution < 1.29 is 13.6 Å². The van der Waals surface area contributed by atoms with Gasteiger partial charge in [-0.1, -0.05) is 12.5 Å². The maximum atomic E-state index is 14.4. The third-order valence-corrected chi connectivity index (χ3v) is 6.35. The maximum absolute atomic E-state index is 14.4. The molecule has 1 saturated carbocycles. The predicted octanol–water partition coefficient (Wildman–Crippen LogP) is 5.03. The number of hydrogen-bond acceptors (Lipinski definition) is 5. The monoisotopic (exact) mass is 428 g/mol. The Bertz CT molecular complexity index is 1080. The minimum atomic E-state index is -0.706. The van der Waals surface area contributed by atoms with Gasteiger partial charge < -0.3 is 11.1 Å². The first-order valence-corrected chi connectivity index (χ1v) is 10.7. The number of halogens is 2. The topological polar surface area (TPSA) is 80.9 Å². The van der Waals surface area contributed by atoms with Gasteiger partial charge in [0.05, 0.1) is 17.4 Å². The van der Waals surface area contributed by atoms with Crippen LogP contribution in [0.5, 0.6) is 0 Å². The van der Waals surface area contributed by atoms with Crippen LogP contribution < -0.4 is 11.1 Å². The normalized spacial score (nSPS) is 18.9. The number of rotatable bonds is 4. The van der Waals surface area contributed by atoms with E-state index in [1.54, 1.807) is 19.3 Å². The van der Waals surface area contributed by atoms with Crippen molar-refractivity contribution >= 4 is 22.9 Å². The van der Waals surface area contributed by atoms with E-state index in [1.807, 2.05) is 6.07 Å². The molecule has 0 aliphatic heterocycles. The molecule has 1 aliphatic rings. The Labute approximate surface area is 177 Å². The lowest BCUT2D eigenvalue weighted by Crippen LogP contribution is -2.27. The molecule has 2 atom stereocenters. The molecule has 156 valence electrons. The molecule has 2 aromatic heterocycles. The van der Waals surface area contributed by atoms with Crippen LogP contribution in [0.25, 0.3) is 10.6 Å². The van der Waals surface area contributed by atoms with Crippen molar-refractivity contribution in [3.8, 4) is 10.6 Å². The highest BCUT2D eigenvalue weighted by atomic mass is 32.1. The number of nitrogens with zero attached hydrogens (tertiary/aromatic N) is 2. The van der Waals surface area contributed by atoms with Gasteiger partial charge in [-0.25, -0.2) is 13.8 Å². The molecule has 1 fully saturated rings. The van der Waals surface area contributed by atoms with Crippen molar-refractivity contribution in [1.82, 2.24) is 9.97 Å². The van der Waals surface area contributed by atoms with Gasteiger partial charge in [0.1, 0.15) is 22.3 Å². The summed E-state index contributed by atoms with van der Waals surface area (Å²) >= 11 is 1.03. The van der Waals surface area contributed by atoms with E-state index in [0.29, 0.717) is 11.3 Å². The molecule has 3 aromatic rings. The molecule has 30 heavy (non-hydrogen) atoms. The Balaban J connectivity index is 1.58. The molecule has 0 spiro atoms. The highest BCUT2D eigenvalue weighted by Gasteiger charge is 2.24. The Kier molecular flexibility index (Phi) is 5.87. The molecule has 4 rings (SSSR count). The molecular formula is C22H22F2N4OS. The Morgan fingerprint density at radius 2 is 2.10 bits per heavy atom. The highest BCUT2D eigenvalue weighted by Crippen LogP contribution is 2.36. The number of anilines is 1. The second-order valence-corrected chi connectivity index (χ2v) is 8.49. The fourth-order valence-corrected chi connectivity index (χ4v) is 4.75. The summed E-state index contributed by atoms with van der Waals surface area (Å²) in [5.41, 5.74) is 7.95. The van der Waals surface area contributed by atoms with Crippen molar-refractivity contribution in [1.29, 1.82) is 0 Å². The van der Waals surface area contributed by atoms with E-state index >= 15 is 0 Å². The van der Waals surface area contributed by atoms with Gasteiger partial charge in [-0.2, -0.15) is 0 Å². The van der Waals surface area contributed by atoms with Crippen LogP contribution in [0.3, 0.4) is 0 Å². The second kappa shape index (κ2) is 8.57. The van der Waals surface area contributed by atoms with Crippen molar-refractivity contribution in [3.05, 3.63) is 64.4 Å². The van der Waals surface area contributed by atoms with Crippen LogP contribution in [0.2, 0.25) is 0 Å². The van der Waals surface area contributed by atoms with Crippen molar-refractivity contribution in [2.45, 2.75) is 44.6 Å². The first-order valence-electron chi connectivity index (χ1n) is 9.85. The van der Waals surface area contributed by atoms with Crippen LogP contribution in [-0.2, 0) is 0 Å². The zero-order valence-electron chi connectivity index (χ0n) is 16.5. The van der Waals surface area contributed by atoms with Crippen LogP contribution in [0.1, 0.15) is 53.2 Å². The van der Waals surface area contributed by atoms with E-state index in [4.69, 9.17) is 5.73 Å². The van der Waals surface area contributed by atoms with Gasteiger partial charge in [-0.05, 0) is 55.4 Å². The SMILES string of the molecule is Cc1ccc(F)c(-c2nc(C(=O)Nc3cnccc3[C@@H]3CCC[C@H](N)C3)cs2)c1F. The van der Waals surface area contributed by atoms with E-state index in [1.165, 1.54) is 17.5 Å². The largest absolute Gasteiger partial charge is 0.328 e. The quantitative estimate of drug-likeness (QED) is 0.611. The lowest BCUT2D eigenvalue weighted by atomic mass is 9.81. The third-order valence-electron chi connectivity index (χ3n) is 5.49. The van der Waals surface area contributed by atoms with Crippen LogP contribution in [0.15, 0.2) is 36.0 Å². The molecular weight excluding hydrogens is 406 g/mol. The van der Waals surface area contributed by atoms with Gasteiger partial charge in [0, 0.05) is 17.6 Å². The number of amides is 1. The minimum absolute atomic E-state index is 0.102. The molecule has 1 aromatic carbocycles. The summed E-state index contributed by atoms with van der Waals surface area (Å²) in [5, 5.41) is 4.49. The number of aromatic nitrogens is 2. The smallest absolute Gasteiger partial charge is 0.275 e. The van der Waals surface area contributed by atoms with E-state index in [-0.39, 0.29) is 28.2 Å². The number of carbonyl (C=O) groups is 1. The number of benzene rings is 1. The second-order valence-electron chi connectivity index (χ2n) is 7.63. The maximum Gasteiger partial charge on any atom is 0.275 e. The Hall–Kier alpha value is -2.71. The Morgan fingerprint density at radius 1 is 1.27 bits per heavy atom. The number of carbonyl (C=O) groups excluding carboxylic acids is 1. The third kappa shape index (κ3) is 4.11. The molecule has 0 unspecified atom stereocenters. The number of pyridine rings is 1. The fourth-order valence-electron chi connectivity index (χ4n) is 3.91. The number of nitrogens with two attached hydrogens (primary N) is 1. The van der Waals surface area contributed by atoms with E-state index in [9.17, 15) is 13.6 Å². The van der Waals surface area contributed by atoms with Crippen LogP contribution in [-0.4, -0.2) is 21.9 Å². The molecule has 0 radical (unpaired) electrons. The van der Waals surface area contributed by atoms with E-state index in [0.717, 1.165) is 42.6 Å². The van der Waals surface area contributed by atoms with Crippen LogP contribution in [0.4, 0.5) is 14.5 Å². The lowest BCUT2D eigenvalue weighted by molar-refractivity contribution is 0.102. The first-order chi connectivity index (χ1) is 14.4. The summed E-state index contributed by atoms with van der Waals surface area (Å²) in [6, 6.07) is 4.63. The van der Waals surface area contributed by atoms with Crippen molar-refractivity contribution in [3.63, 3.8) is 0 Å². The van der Waals surface area contributed by atoms with Gasteiger partial charge in [0.15, 0.2) is 0 Å². The number of aryl methyl sites for hydroxylation is 1. The number of thiazole rings is 1. The summed E-state index contributed by atoms with van der Waals surface area (Å²) in [7, 11) is 0. The van der Waals surface area contributed by atoms with E-state index in [2.05, 4.69) is 15.3 Å². The highest BCUT2D eigenvalue weighted by molar-refractivity contribution is 7.13. The van der Waals surface area contributed by atoms with Crippen LogP contribution in [0, 0.1) is 18.6 Å². The standard InChI is InChI=1S/C22H22F2N4OS/c1-12-5-6-16(23)19(20(12)24)22-28-18(11-30-22)21(29)27-17-10-26-8-7-15(17)13-3-2-4-14(25)9-13/h5-8,10-11,13-14H,2-4,9,25H2,1H3,(H,27,29)/t13-,14+/m1/s1. The van der Waals surface area contributed by atoms with Gasteiger partial charge in [-0.3, -0.25) is 9.78 Å². The van der Waals surface area contributed by atoms with Gasteiger partial charge in [-0.15, -0.1) is 11.3 Å². The molecule has 1 aliphatic carbocycles. The van der Waals surface area contributed by atoms with Crippen LogP contribution >= 0.6 is 11.3 Å². The zero-order chi connectivity index (χ0) is 21.3. The number of hydrogen-bond donors (Lipinski definition) is 2. The van der Waals surface area contributed by atoms with Gasteiger partial charge in [0.25, 0.3) is 5.91 Å². The summed E-state index contributed by atoms with van der Waals surface area (Å²) < 4.78 is 28.6. The summed E-state index contributed by atoms with van der Waals surface area (Å²) in [6.07, 6.45) is 7.24. The molecule has 3 N–H and O–H groups in total. The van der Waals surface area contributed by atoms with E-state index < -0.39 is 17.5 Å². The summed E-state index contributed by atoms with van der Waals surface area (Å²) in [6.45, 7) is 1.56.